The van der Waals surface area contributed by atoms with E-state index in [9.17, 15) is 9.90 Å². The summed E-state index contributed by atoms with van der Waals surface area (Å²) in [6.45, 7) is 4.26. The summed E-state index contributed by atoms with van der Waals surface area (Å²) < 4.78 is 5.84. The molecule has 4 heteroatoms. The predicted octanol–water partition coefficient (Wildman–Crippen LogP) is 5.80. The molecule has 29 heavy (non-hydrogen) atoms. The Hall–Kier alpha value is -3.66. The van der Waals surface area contributed by atoms with E-state index in [1.165, 1.54) is 0 Å². The summed E-state index contributed by atoms with van der Waals surface area (Å²) in [6.07, 6.45) is 0. The van der Waals surface area contributed by atoms with Gasteiger partial charge < -0.3 is 9.84 Å². The van der Waals surface area contributed by atoms with Crippen LogP contribution in [0.3, 0.4) is 0 Å². The maximum Gasteiger partial charge on any atom is 0.336 e. The molecule has 0 radical (unpaired) electrons. The minimum atomic E-state index is -0.940. The van der Waals surface area contributed by atoms with E-state index in [-0.39, 0.29) is 0 Å². The van der Waals surface area contributed by atoms with Gasteiger partial charge in [-0.05, 0) is 61.4 Å². The highest BCUT2D eigenvalue weighted by Crippen LogP contribution is 2.31. The number of carboxylic acid groups (broad SMARTS) is 1. The van der Waals surface area contributed by atoms with Gasteiger partial charge in [-0.3, -0.25) is 0 Å². The van der Waals surface area contributed by atoms with Crippen LogP contribution in [0.4, 0.5) is 0 Å². The number of ether oxygens (including phenoxy) is 1. The van der Waals surface area contributed by atoms with Crippen LogP contribution in [-0.2, 0) is 6.61 Å². The molecule has 0 bridgehead atoms. The van der Waals surface area contributed by atoms with E-state index in [0.29, 0.717) is 34.3 Å². The van der Waals surface area contributed by atoms with Crippen LogP contribution in [0.5, 0.6) is 5.75 Å². The number of nitrogens with zero attached hydrogens (tertiary/aromatic N) is 1. The van der Waals surface area contributed by atoms with E-state index in [2.05, 4.69) is 0 Å². The van der Waals surface area contributed by atoms with Gasteiger partial charge in [0.1, 0.15) is 12.4 Å². The lowest BCUT2D eigenvalue weighted by molar-refractivity contribution is 0.0698. The molecule has 1 N–H and O–H groups in total. The Bertz CT molecular complexity index is 1180. The molecule has 0 spiro atoms. The number of hydrogen-bond donors (Lipinski definition) is 1. The Balaban J connectivity index is 1.68. The maximum atomic E-state index is 12.0. The second kappa shape index (κ2) is 7.76. The summed E-state index contributed by atoms with van der Waals surface area (Å²) in [5.74, 6) is -0.185. The van der Waals surface area contributed by atoms with Gasteiger partial charge in [0.15, 0.2) is 0 Å². The first kappa shape index (κ1) is 18.7. The van der Waals surface area contributed by atoms with Crippen molar-refractivity contribution in [1.82, 2.24) is 4.98 Å². The Morgan fingerprint density at radius 1 is 0.966 bits per heavy atom. The van der Waals surface area contributed by atoms with Crippen LogP contribution >= 0.6 is 0 Å². The Morgan fingerprint density at radius 3 is 2.38 bits per heavy atom. The first-order chi connectivity index (χ1) is 14.0. The molecule has 0 saturated heterocycles. The summed E-state index contributed by atoms with van der Waals surface area (Å²) in [5.41, 5.74) is 5.29. The molecule has 4 nitrogen and oxygen atoms in total. The Morgan fingerprint density at radius 2 is 1.69 bits per heavy atom. The number of benzene rings is 3. The summed E-state index contributed by atoms with van der Waals surface area (Å²) in [5, 5.41) is 10.5. The van der Waals surface area contributed by atoms with E-state index in [4.69, 9.17) is 9.72 Å². The van der Waals surface area contributed by atoms with Gasteiger partial charge in [0, 0.05) is 10.9 Å². The van der Waals surface area contributed by atoms with E-state index in [0.717, 1.165) is 22.4 Å². The highest BCUT2D eigenvalue weighted by Gasteiger charge is 2.18. The molecular weight excluding hydrogens is 362 g/mol. The molecule has 0 unspecified atom stereocenters. The monoisotopic (exact) mass is 383 g/mol. The largest absolute Gasteiger partial charge is 0.489 e. The molecule has 0 fully saturated rings. The first-order valence-electron chi connectivity index (χ1n) is 9.44. The van der Waals surface area contributed by atoms with Crippen LogP contribution in [0.1, 0.15) is 27.0 Å². The number of rotatable bonds is 5. The van der Waals surface area contributed by atoms with Crippen LogP contribution in [0.15, 0.2) is 72.8 Å². The maximum absolute atomic E-state index is 12.0. The fourth-order valence-corrected chi connectivity index (χ4v) is 3.48. The van der Waals surface area contributed by atoms with Gasteiger partial charge in [-0.15, -0.1) is 0 Å². The fraction of sp³-hybridized carbons (Fsp3) is 0.120. The van der Waals surface area contributed by atoms with Crippen LogP contribution in [0.2, 0.25) is 0 Å². The van der Waals surface area contributed by atoms with Crippen molar-refractivity contribution in [2.24, 2.45) is 0 Å². The molecule has 4 rings (SSSR count). The van der Waals surface area contributed by atoms with Gasteiger partial charge in [-0.2, -0.15) is 0 Å². The number of pyridine rings is 1. The van der Waals surface area contributed by atoms with Crippen molar-refractivity contribution >= 4 is 16.9 Å². The lowest BCUT2D eigenvalue weighted by Gasteiger charge is -2.13. The fourth-order valence-electron chi connectivity index (χ4n) is 3.48. The molecule has 1 heterocycles. The molecule has 1 aromatic heterocycles. The van der Waals surface area contributed by atoms with Gasteiger partial charge in [0.2, 0.25) is 0 Å². The number of aryl methyl sites for hydroxylation is 1. The second-order valence-electron chi connectivity index (χ2n) is 7.08. The van der Waals surface area contributed by atoms with Crippen molar-refractivity contribution in [3.05, 3.63) is 95.1 Å². The first-order valence-corrected chi connectivity index (χ1v) is 9.44. The van der Waals surface area contributed by atoms with Crippen molar-refractivity contribution in [3.8, 4) is 17.0 Å². The topological polar surface area (TPSA) is 59.4 Å². The molecule has 3 aromatic carbocycles. The number of aromatic carboxylic acids is 1. The summed E-state index contributed by atoms with van der Waals surface area (Å²) in [4.78, 5) is 16.7. The molecule has 0 aliphatic carbocycles. The molecular formula is C25H21NO3. The smallest absolute Gasteiger partial charge is 0.336 e. The summed E-state index contributed by atoms with van der Waals surface area (Å²) in [6, 6.07) is 23.3. The van der Waals surface area contributed by atoms with Gasteiger partial charge in [-0.25, -0.2) is 9.78 Å². The third-order valence-corrected chi connectivity index (χ3v) is 4.97. The number of carbonyl (C=O) groups is 1. The van der Waals surface area contributed by atoms with E-state index in [1.807, 2.05) is 86.6 Å². The third-order valence-electron chi connectivity index (χ3n) is 4.97. The third kappa shape index (κ3) is 3.83. The average Bonchev–Trinajstić information content (AvgIpc) is 2.73. The molecule has 0 aliphatic rings. The standard InChI is InChI=1S/C25H21NO3/c1-16-8-13-22-21(14-16)23(25(27)28)17(2)24(26-22)19-9-11-20(12-10-19)29-15-18-6-4-3-5-7-18/h3-14H,15H2,1-2H3,(H,27,28). The summed E-state index contributed by atoms with van der Waals surface area (Å²) >= 11 is 0. The van der Waals surface area contributed by atoms with E-state index < -0.39 is 5.97 Å². The molecule has 0 amide bonds. The van der Waals surface area contributed by atoms with Crippen LogP contribution < -0.4 is 4.74 Å². The van der Waals surface area contributed by atoms with Crippen LogP contribution in [0.25, 0.3) is 22.2 Å². The van der Waals surface area contributed by atoms with Crippen molar-refractivity contribution in [1.29, 1.82) is 0 Å². The Labute approximate surface area is 169 Å². The quantitative estimate of drug-likeness (QED) is 0.473. The SMILES string of the molecule is Cc1ccc2nc(-c3ccc(OCc4ccccc4)cc3)c(C)c(C(=O)O)c2c1. The minimum Gasteiger partial charge on any atom is -0.489 e. The Kier molecular flexibility index (Phi) is 5.00. The normalized spacial score (nSPS) is 10.8. The van der Waals surface area contributed by atoms with Gasteiger partial charge >= 0.3 is 5.97 Å². The lowest BCUT2D eigenvalue weighted by Crippen LogP contribution is -2.05. The summed E-state index contributed by atoms with van der Waals surface area (Å²) in [7, 11) is 0. The number of aromatic nitrogens is 1. The molecule has 144 valence electrons. The number of carboxylic acids is 1. The molecule has 0 aliphatic heterocycles. The van der Waals surface area contributed by atoms with E-state index in [1.54, 1.807) is 0 Å². The number of hydrogen-bond acceptors (Lipinski definition) is 3. The van der Waals surface area contributed by atoms with Crippen LogP contribution in [-0.4, -0.2) is 16.1 Å². The minimum absolute atomic E-state index is 0.304. The van der Waals surface area contributed by atoms with E-state index >= 15 is 0 Å². The van der Waals surface area contributed by atoms with Crippen LogP contribution in [0, 0.1) is 13.8 Å². The van der Waals surface area contributed by atoms with Gasteiger partial charge in [-0.1, -0.05) is 42.0 Å². The molecule has 0 atom stereocenters. The second-order valence-corrected chi connectivity index (χ2v) is 7.08. The van der Waals surface area contributed by atoms with Gasteiger partial charge in [0.25, 0.3) is 0 Å². The average molecular weight is 383 g/mol. The highest BCUT2D eigenvalue weighted by molar-refractivity contribution is 6.05. The molecule has 0 saturated carbocycles. The van der Waals surface area contributed by atoms with Gasteiger partial charge in [0.05, 0.1) is 16.8 Å². The zero-order valence-corrected chi connectivity index (χ0v) is 16.3. The predicted molar refractivity (Wildman–Crippen MR) is 114 cm³/mol. The zero-order chi connectivity index (χ0) is 20.4. The highest BCUT2D eigenvalue weighted by atomic mass is 16.5. The number of fused-ring (bicyclic) bond motifs is 1. The molecule has 4 aromatic rings. The lowest BCUT2D eigenvalue weighted by atomic mass is 9.97. The van der Waals surface area contributed by atoms with Crippen molar-refractivity contribution in [2.45, 2.75) is 20.5 Å². The zero-order valence-electron chi connectivity index (χ0n) is 16.3. The van der Waals surface area contributed by atoms with Crippen molar-refractivity contribution in [3.63, 3.8) is 0 Å². The van der Waals surface area contributed by atoms with Crippen molar-refractivity contribution in [2.75, 3.05) is 0 Å². The van der Waals surface area contributed by atoms with Crippen molar-refractivity contribution < 1.29 is 14.6 Å².